The van der Waals surface area contributed by atoms with Crippen LogP contribution in [0.1, 0.15) is 30.9 Å². The number of hydrogen-bond acceptors (Lipinski definition) is 2. The molecule has 2 rings (SSSR count). The molecule has 1 aliphatic carbocycles. The van der Waals surface area contributed by atoms with Gasteiger partial charge in [0, 0.05) is 25.0 Å². The number of nitrogens with zero attached hydrogens (tertiary/aromatic N) is 1. The summed E-state index contributed by atoms with van der Waals surface area (Å²) < 4.78 is 0. The second kappa shape index (κ2) is 4.09. The van der Waals surface area contributed by atoms with Gasteiger partial charge in [-0.1, -0.05) is 13.0 Å². The van der Waals surface area contributed by atoms with Crippen LogP contribution in [0.4, 0.5) is 0 Å². The van der Waals surface area contributed by atoms with E-state index in [0.29, 0.717) is 0 Å². The molecular weight excluding hydrogens is 172 g/mol. The summed E-state index contributed by atoms with van der Waals surface area (Å²) in [5.74, 6) is 0.920. The first-order valence-electron chi connectivity index (χ1n) is 5.38. The van der Waals surface area contributed by atoms with E-state index in [9.17, 15) is 0 Å². The largest absolute Gasteiger partial charge is 0.310 e. The van der Waals surface area contributed by atoms with E-state index in [2.05, 4.69) is 30.2 Å². The maximum atomic E-state index is 4.18. The highest BCUT2D eigenvalue weighted by atomic mass is 14.9. The molecule has 0 saturated heterocycles. The highest BCUT2D eigenvalue weighted by Crippen LogP contribution is 2.26. The molecule has 0 atom stereocenters. The fraction of sp³-hybridized carbons (Fsp3) is 0.583. The van der Waals surface area contributed by atoms with Gasteiger partial charge in [-0.3, -0.25) is 4.98 Å². The van der Waals surface area contributed by atoms with Crippen LogP contribution in [0.3, 0.4) is 0 Å². The van der Waals surface area contributed by atoms with E-state index in [1.165, 1.54) is 24.0 Å². The Morgan fingerprint density at radius 1 is 1.43 bits per heavy atom. The lowest BCUT2D eigenvalue weighted by Crippen LogP contribution is -2.39. The molecule has 0 aliphatic heterocycles. The molecule has 0 amide bonds. The van der Waals surface area contributed by atoms with E-state index in [0.717, 1.165) is 18.5 Å². The van der Waals surface area contributed by atoms with Crippen LogP contribution in [0.25, 0.3) is 0 Å². The normalized spacial score (nSPS) is 25.9. The number of rotatable bonds is 3. The summed E-state index contributed by atoms with van der Waals surface area (Å²) in [6.45, 7) is 5.36. The smallest absolute Gasteiger partial charge is 0.0313 e. The van der Waals surface area contributed by atoms with Crippen molar-refractivity contribution in [3.63, 3.8) is 0 Å². The maximum absolute atomic E-state index is 4.18. The Balaban J connectivity index is 1.80. The Bertz CT molecular complexity index is 303. The summed E-state index contributed by atoms with van der Waals surface area (Å²) in [5.41, 5.74) is 2.54. The standard InChI is InChI=1S/C12H18N2/c1-9-4-12(5-9)14-8-11-3-10(2)6-13-7-11/h3,6-7,9,12,14H,4-5,8H2,1-2H3. The number of pyridine rings is 1. The number of aryl methyl sites for hydroxylation is 1. The molecule has 2 heteroatoms. The van der Waals surface area contributed by atoms with Gasteiger partial charge in [0.25, 0.3) is 0 Å². The molecule has 14 heavy (non-hydrogen) atoms. The van der Waals surface area contributed by atoms with Crippen LogP contribution in [0.2, 0.25) is 0 Å². The molecule has 76 valence electrons. The van der Waals surface area contributed by atoms with Crippen LogP contribution in [0, 0.1) is 12.8 Å². The van der Waals surface area contributed by atoms with Crippen LogP contribution >= 0.6 is 0 Å². The Morgan fingerprint density at radius 3 is 2.86 bits per heavy atom. The first kappa shape index (κ1) is 9.66. The van der Waals surface area contributed by atoms with Gasteiger partial charge in [0.2, 0.25) is 0 Å². The van der Waals surface area contributed by atoms with Gasteiger partial charge in [-0.25, -0.2) is 0 Å². The number of aromatic nitrogens is 1. The lowest BCUT2D eigenvalue weighted by atomic mass is 9.82. The molecule has 1 N–H and O–H groups in total. The van der Waals surface area contributed by atoms with Crippen LogP contribution < -0.4 is 5.32 Å². The van der Waals surface area contributed by atoms with Crippen molar-refractivity contribution in [2.75, 3.05) is 0 Å². The summed E-state index contributed by atoms with van der Waals surface area (Å²) in [4.78, 5) is 4.18. The highest BCUT2D eigenvalue weighted by Gasteiger charge is 2.24. The van der Waals surface area contributed by atoms with Crippen LogP contribution in [-0.2, 0) is 6.54 Å². The zero-order valence-electron chi connectivity index (χ0n) is 8.96. The maximum Gasteiger partial charge on any atom is 0.0313 e. The van der Waals surface area contributed by atoms with Crippen molar-refractivity contribution >= 4 is 0 Å². The van der Waals surface area contributed by atoms with E-state index < -0.39 is 0 Å². The second-order valence-electron chi connectivity index (χ2n) is 4.52. The fourth-order valence-electron chi connectivity index (χ4n) is 2.05. The van der Waals surface area contributed by atoms with Crippen molar-refractivity contribution in [3.05, 3.63) is 29.6 Å². The molecule has 0 bridgehead atoms. The van der Waals surface area contributed by atoms with E-state index in [4.69, 9.17) is 0 Å². The summed E-state index contributed by atoms with van der Waals surface area (Å²) in [7, 11) is 0. The van der Waals surface area contributed by atoms with Crippen molar-refractivity contribution in [1.82, 2.24) is 10.3 Å². The topological polar surface area (TPSA) is 24.9 Å². The Labute approximate surface area is 85.7 Å². The third-order valence-corrected chi connectivity index (χ3v) is 2.90. The van der Waals surface area contributed by atoms with Gasteiger partial charge in [-0.2, -0.15) is 0 Å². The molecule has 0 radical (unpaired) electrons. The quantitative estimate of drug-likeness (QED) is 0.791. The van der Waals surface area contributed by atoms with Crippen molar-refractivity contribution in [2.45, 2.75) is 39.3 Å². The minimum Gasteiger partial charge on any atom is -0.310 e. The number of hydrogen-bond donors (Lipinski definition) is 1. The predicted molar refractivity (Wildman–Crippen MR) is 58.0 cm³/mol. The van der Waals surface area contributed by atoms with E-state index in [-0.39, 0.29) is 0 Å². The SMILES string of the molecule is Cc1cncc(CNC2CC(C)C2)c1. The zero-order chi connectivity index (χ0) is 9.97. The lowest BCUT2D eigenvalue weighted by molar-refractivity contribution is 0.240. The van der Waals surface area contributed by atoms with Gasteiger partial charge >= 0.3 is 0 Å². The fourth-order valence-corrected chi connectivity index (χ4v) is 2.05. The summed E-state index contributed by atoms with van der Waals surface area (Å²) in [5, 5.41) is 3.55. The van der Waals surface area contributed by atoms with Crippen molar-refractivity contribution in [1.29, 1.82) is 0 Å². The zero-order valence-corrected chi connectivity index (χ0v) is 8.96. The Kier molecular flexibility index (Phi) is 2.82. The van der Waals surface area contributed by atoms with Crippen LogP contribution in [-0.4, -0.2) is 11.0 Å². The predicted octanol–water partition coefficient (Wildman–Crippen LogP) is 2.28. The Hall–Kier alpha value is -0.890. The minimum absolute atomic E-state index is 0.741. The van der Waals surface area contributed by atoms with Crippen molar-refractivity contribution < 1.29 is 0 Å². The second-order valence-corrected chi connectivity index (χ2v) is 4.52. The molecule has 1 aromatic heterocycles. The van der Waals surface area contributed by atoms with Gasteiger partial charge in [-0.05, 0) is 36.8 Å². The average molecular weight is 190 g/mol. The molecule has 0 unspecified atom stereocenters. The third kappa shape index (κ3) is 2.32. The third-order valence-electron chi connectivity index (χ3n) is 2.90. The average Bonchev–Trinajstić information content (AvgIpc) is 2.11. The molecule has 1 aromatic rings. The Morgan fingerprint density at radius 2 is 2.21 bits per heavy atom. The first-order valence-corrected chi connectivity index (χ1v) is 5.38. The van der Waals surface area contributed by atoms with Gasteiger partial charge in [-0.15, -0.1) is 0 Å². The molecule has 0 aromatic carbocycles. The van der Waals surface area contributed by atoms with Crippen molar-refractivity contribution in [3.8, 4) is 0 Å². The summed E-state index contributed by atoms with van der Waals surface area (Å²) >= 11 is 0. The lowest BCUT2D eigenvalue weighted by Gasteiger charge is -2.33. The van der Waals surface area contributed by atoms with Crippen LogP contribution in [0.5, 0.6) is 0 Å². The van der Waals surface area contributed by atoms with E-state index in [1.54, 1.807) is 0 Å². The molecule has 1 fully saturated rings. The van der Waals surface area contributed by atoms with E-state index >= 15 is 0 Å². The molecule has 2 nitrogen and oxygen atoms in total. The van der Waals surface area contributed by atoms with E-state index in [1.807, 2.05) is 12.4 Å². The first-order chi connectivity index (χ1) is 6.74. The monoisotopic (exact) mass is 190 g/mol. The molecular formula is C12H18N2. The summed E-state index contributed by atoms with van der Waals surface area (Å²) in [6.07, 6.45) is 6.51. The van der Waals surface area contributed by atoms with Gasteiger partial charge in [0.1, 0.15) is 0 Å². The molecule has 1 aliphatic rings. The molecule has 1 saturated carbocycles. The van der Waals surface area contributed by atoms with Gasteiger partial charge in [0.05, 0.1) is 0 Å². The van der Waals surface area contributed by atoms with Gasteiger partial charge < -0.3 is 5.32 Å². The minimum atomic E-state index is 0.741. The molecule has 1 heterocycles. The van der Waals surface area contributed by atoms with Crippen LogP contribution in [0.15, 0.2) is 18.5 Å². The number of nitrogens with one attached hydrogen (secondary N) is 1. The van der Waals surface area contributed by atoms with Gasteiger partial charge in [0.15, 0.2) is 0 Å². The van der Waals surface area contributed by atoms with Crippen molar-refractivity contribution in [2.24, 2.45) is 5.92 Å². The summed E-state index contributed by atoms with van der Waals surface area (Å²) in [6, 6.07) is 2.94. The molecule has 0 spiro atoms. The highest BCUT2D eigenvalue weighted by molar-refractivity contribution is 5.16.